The van der Waals surface area contributed by atoms with Gasteiger partial charge in [0.25, 0.3) is 0 Å². The van der Waals surface area contributed by atoms with Crippen molar-refractivity contribution in [2.75, 3.05) is 11.5 Å². The van der Waals surface area contributed by atoms with E-state index in [0.29, 0.717) is 17.9 Å². The Kier molecular flexibility index (Phi) is 4.78. The van der Waals surface area contributed by atoms with Crippen LogP contribution in [0, 0.1) is 0 Å². The molecule has 6 nitrogen and oxygen atoms in total. The second-order valence-corrected chi connectivity index (χ2v) is 4.66. The maximum atomic E-state index is 10.7. The van der Waals surface area contributed by atoms with Gasteiger partial charge in [-0.15, -0.1) is 0 Å². The minimum atomic E-state index is -1.06. The van der Waals surface area contributed by atoms with Gasteiger partial charge < -0.3 is 15.9 Å². The summed E-state index contributed by atoms with van der Waals surface area (Å²) in [6.07, 6.45) is -1.67. The zero-order valence-electron chi connectivity index (χ0n) is 8.88. The fourth-order valence-electron chi connectivity index (χ4n) is 1.19. The number of aliphatic hydroxyl groups excluding tert-OH is 2. The summed E-state index contributed by atoms with van der Waals surface area (Å²) in [5, 5.41) is 25.5. The van der Waals surface area contributed by atoms with Gasteiger partial charge in [0.15, 0.2) is 5.12 Å². The van der Waals surface area contributed by atoms with Crippen molar-refractivity contribution in [2.24, 2.45) is 0 Å². The van der Waals surface area contributed by atoms with Gasteiger partial charge in [0, 0.05) is 18.7 Å². The number of aliphatic hydroxyl groups is 2. The molecular weight excluding hydrogens is 230 g/mol. The lowest BCUT2D eigenvalue weighted by molar-refractivity contribution is -0.109. The van der Waals surface area contributed by atoms with Crippen LogP contribution in [0.1, 0.15) is 25.1 Å². The second kappa shape index (κ2) is 5.88. The molecule has 1 aromatic heterocycles. The van der Waals surface area contributed by atoms with Crippen LogP contribution in [0.25, 0.3) is 0 Å². The molecule has 0 bridgehead atoms. The predicted molar refractivity (Wildman–Crippen MR) is 61.7 cm³/mol. The third-order valence-electron chi connectivity index (χ3n) is 2.02. The zero-order valence-corrected chi connectivity index (χ0v) is 9.70. The molecule has 2 unspecified atom stereocenters. The number of nitrogens with two attached hydrogens (primary N) is 1. The Morgan fingerprint density at radius 2 is 2.38 bits per heavy atom. The number of carbonyl (C=O) groups is 1. The first-order chi connectivity index (χ1) is 7.50. The number of nitrogen functional groups attached to an aromatic ring is 1. The van der Waals surface area contributed by atoms with Gasteiger partial charge in [-0.1, -0.05) is 11.8 Å². The largest absolute Gasteiger partial charge is 0.390 e. The van der Waals surface area contributed by atoms with Crippen LogP contribution in [0.15, 0.2) is 6.07 Å². The molecule has 2 atom stereocenters. The summed E-state index contributed by atoms with van der Waals surface area (Å²) in [5.41, 5.74) is 5.75. The third-order valence-corrected chi connectivity index (χ3v) is 2.87. The van der Waals surface area contributed by atoms with Crippen LogP contribution in [0.4, 0.5) is 5.82 Å². The van der Waals surface area contributed by atoms with Gasteiger partial charge in [0.2, 0.25) is 0 Å². The van der Waals surface area contributed by atoms with E-state index in [9.17, 15) is 15.0 Å². The average molecular weight is 245 g/mol. The lowest BCUT2D eigenvalue weighted by Gasteiger charge is -2.15. The molecule has 0 aliphatic heterocycles. The van der Waals surface area contributed by atoms with Gasteiger partial charge in [0.05, 0.1) is 11.8 Å². The number of nitrogens with zero attached hydrogens (tertiary/aromatic N) is 1. The van der Waals surface area contributed by atoms with E-state index in [2.05, 4.69) is 10.2 Å². The number of nitrogens with one attached hydrogen (secondary N) is 1. The zero-order chi connectivity index (χ0) is 12.1. The first-order valence-electron chi connectivity index (χ1n) is 4.81. The SMILES string of the molecule is CC(=O)SCCC(O)C(O)c1cc(N)n[nH]1. The van der Waals surface area contributed by atoms with Crippen LogP contribution >= 0.6 is 11.8 Å². The molecule has 16 heavy (non-hydrogen) atoms. The van der Waals surface area contributed by atoms with Crippen molar-refractivity contribution >= 4 is 22.7 Å². The molecule has 0 aliphatic rings. The Hall–Kier alpha value is -1.05. The number of aromatic nitrogens is 2. The Balaban J connectivity index is 2.41. The standard InChI is InChI=1S/C9H15N3O3S/c1-5(13)16-3-2-7(14)9(15)6-4-8(10)12-11-6/h4,7,9,14-15H,2-3H2,1H3,(H3,10,11,12). The molecule has 0 radical (unpaired) electrons. The molecule has 0 aromatic carbocycles. The van der Waals surface area contributed by atoms with Gasteiger partial charge in [-0.05, 0) is 6.42 Å². The number of rotatable bonds is 5. The van der Waals surface area contributed by atoms with Crippen LogP contribution < -0.4 is 5.73 Å². The van der Waals surface area contributed by atoms with Crippen molar-refractivity contribution in [3.05, 3.63) is 11.8 Å². The molecule has 1 rings (SSSR count). The lowest BCUT2D eigenvalue weighted by atomic mass is 10.1. The van der Waals surface area contributed by atoms with Gasteiger partial charge in [-0.3, -0.25) is 9.89 Å². The van der Waals surface area contributed by atoms with Gasteiger partial charge >= 0.3 is 0 Å². The van der Waals surface area contributed by atoms with E-state index < -0.39 is 12.2 Å². The summed E-state index contributed by atoms with van der Waals surface area (Å²) in [6.45, 7) is 1.46. The molecule has 0 spiro atoms. The molecule has 0 amide bonds. The molecule has 5 N–H and O–H groups in total. The number of thioether (sulfide) groups is 1. The number of carbonyl (C=O) groups excluding carboxylic acids is 1. The fourth-order valence-corrected chi connectivity index (χ4v) is 1.84. The molecule has 0 saturated heterocycles. The van der Waals surface area contributed by atoms with E-state index in [4.69, 9.17) is 5.73 Å². The molecule has 7 heteroatoms. The number of hydrogen-bond donors (Lipinski definition) is 4. The third kappa shape index (κ3) is 3.84. The topological polar surface area (TPSA) is 112 Å². The van der Waals surface area contributed by atoms with Crippen molar-refractivity contribution in [1.29, 1.82) is 0 Å². The maximum Gasteiger partial charge on any atom is 0.185 e. The predicted octanol–water partition coefficient (Wildman–Crippen LogP) is 0.0560. The molecule has 0 aliphatic carbocycles. The summed E-state index contributed by atoms with van der Waals surface area (Å²) in [5.74, 6) is 0.733. The molecule has 0 saturated carbocycles. The van der Waals surface area contributed by atoms with Crippen LogP contribution in [0.2, 0.25) is 0 Å². The molecule has 1 heterocycles. The summed E-state index contributed by atoms with van der Waals surface area (Å²) in [7, 11) is 0. The van der Waals surface area contributed by atoms with E-state index in [1.54, 1.807) is 0 Å². The Bertz CT molecular complexity index is 356. The first kappa shape index (κ1) is 13.0. The molecule has 0 fully saturated rings. The van der Waals surface area contributed by atoms with E-state index in [-0.39, 0.29) is 10.9 Å². The molecular formula is C9H15N3O3S. The maximum absolute atomic E-state index is 10.7. The quantitative estimate of drug-likeness (QED) is 0.583. The monoisotopic (exact) mass is 245 g/mol. The normalized spacial score (nSPS) is 14.7. The average Bonchev–Trinajstić information content (AvgIpc) is 2.63. The minimum absolute atomic E-state index is 0.00697. The summed E-state index contributed by atoms with van der Waals surface area (Å²) in [4.78, 5) is 10.7. The van der Waals surface area contributed by atoms with Crippen molar-refractivity contribution < 1.29 is 15.0 Å². The summed E-state index contributed by atoms with van der Waals surface area (Å²) < 4.78 is 0. The highest BCUT2D eigenvalue weighted by molar-refractivity contribution is 8.13. The van der Waals surface area contributed by atoms with Crippen LogP contribution in [-0.4, -0.2) is 37.4 Å². The van der Waals surface area contributed by atoms with Crippen molar-refractivity contribution in [1.82, 2.24) is 10.2 Å². The Morgan fingerprint density at radius 3 is 2.88 bits per heavy atom. The minimum Gasteiger partial charge on any atom is -0.390 e. The number of anilines is 1. The van der Waals surface area contributed by atoms with Crippen molar-refractivity contribution in [3.63, 3.8) is 0 Å². The van der Waals surface area contributed by atoms with Crippen LogP contribution in [-0.2, 0) is 4.79 Å². The number of aromatic amines is 1. The number of H-pyrrole nitrogens is 1. The first-order valence-corrected chi connectivity index (χ1v) is 5.79. The van der Waals surface area contributed by atoms with E-state index in [1.165, 1.54) is 13.0 Å². The van der Waals surface area contributed by atoms with E-state index in [0.717, 1.165) is 11.8 Å². The Labute approximate surface area is 97.2 Å². The highest BCUT2D eigenvalue weighted by Crippen LogP contribution is 2.19. The van der Waals surface area contributed by atoms with E-state index >= 15 is 0 Å². The van der Waals surface area contributed by atoms with Crippen molar-refractivity contribution in [3.8, 4) is 0 Å². The van der Waals surface area contributed by atoms with Gasteiger partial charge in [0.1, 0.15) is 11.9 Å². The second-order valence-electron chi connectivity index (χ2n) is 3.39. The lowest BCUT2D eigenvalue weighted by Crippen LogP contribution is -2.19. The van der Waals surface area contributed by atoms with E-state index in [1.807, 2.05) is 0 Å². The van der Waals surface area contributed by atoms with Crippen LogP contribution in [0.3, 0.4) is 0 Å². The number of hydrogen-bond acceptors (Lipinski definition) is 6. The molecule has 1 aromatic rings. The highest BCUT2D eigenvalue weighted by Gasteiger charge is 2.20. The van der Waals surface area contributed by atoms with Gasteiger partial charge in [-0.25, -0.2) is 0 Å². The Morgan fingerprint density at radius 1 is 1.69 bits per heavy atom. The summed E-state index contributed by atoms with van der Waals surface area (Å²) >= 11 is 1.12. The smallest absolute Gasteiger partial charge is 0.185 e. The molecule has 90 valence electrons. The highest BCUT2D eigenvalue weighted by atomic mass is 32.2. The van der Waals surface area contributed by atoms with Gasteiger partial charge in [-0.2, -0.15) is 5.10 Å². The summed E-state index contributed by atoms with van der Waals surface area (Å²) in [6, 6.07) is 1.46. The van der Waals surface area contributed by atoms with Crippen molar-refractivity contribution in [2.45, 2.75) is 25.6 Å². The fraction of sp³-hybridized carbons (Fsp3) is 0.556. The van der Waals surface area contributed by atoms with Crippen LogP contribution in [0.5, 0.6) is 0 Å².